The van der Waals surface area contributed by atoms with Crippen LogP contribution in [-0.4, -0.2) is 31.8 Å². The van der Waals surface area contributed by atoms with Crippen molar-refractivity contribution in [2.75, 3.05) is 11.1 Å². The number of fused-ring (bicyclic) bond motifs is 1. The number of hydrogen-bond donors (Lipinski definition) is 1. The van der Waals surface area contributed by atoms with Gasteiger partial charge in [0.1, 0.15) is 21.7 Å². The van der Waals surface area contributed by atoms with Gasteiger partial charge < -0.3 is 5.32 Å². The second-order valence-corrected chi connectivity index (χ2v) is 7.65. The van der Waals surface area contributed by atoms with Gasteiger partial charge in [0.05, 0.1) is 0 Å². The molecule has 1 amide bonds. The molecular formula is C13H13N5OS3. The van der Waals surface area contributed by atoms with Gasteiger partial charge in [-0.3, -0.25) is 4.79 Å². The zero-order valence-electron chi connectivity index (χ0n) is 12.0. The van der Waals surface area contributed by atoms with E-state index in [0.717, 1.165) is 15.2 Å². The van der Waals surface area contributed by atoms with Crippen molar-refractivity contribution in [2.45, 2.75) is 25.3 Å². The quantitative estimate of drug-likeness (QED) is 0.561. The summed E-state index contributed by atoms with van der Waals surface area (Å²) in [4.78, 5) is 22.8. The molecule has 0 fully saturated rings. The van der Waals surface area contributed by atoms with Gasteiger partial charge in [-0.2, -0.15) is 0 Å². The first-order valence-corrected chi connectivity index (χ1v) is 9.23. The van der Waals surface area contributed by atoms with Gasteiger partial charge in [0.15, 0.2) is 0 Å². The monoisotopic (exact) mass is 351 g/mol. The Bertz CT molecular complexity index is 799. The second kappa shape index (κ2) is 6.67. The van der Waals surface area contributed by atoms with Crippen LogP contribution in [0.15, 0.2) is 16.9 Å². The fourth-order valence-electron chi connectivity index (χ4n) is 1.91. The van der Waals surface area contributed by atoms with Gasteiger partial charge in [0.25, 0.3) is 0 Å². The van der Waals surface area contributed by atoms with Crippen LogP contribution in [0.4, 0.5) is 5.13 Å². The van der Waals surface area contributed by atoms with E-state index in [-0.39, 0.29) is 5.91 Å². The number of carbonyl (C=O) groups is 1. The van der Waals surface area contributed by atoms with Crippen molar-refractivity contribution in [3.8, 4) is 0 Å². The molecule has 1 N–H and O–H groups in total. The minimum absolute atomic E-state index is 0.0622. The predicted molar refractivity (Wildman–Crippen MR) is 90.8 cm³/mol. The van der Waals surface area contributed by atoms with Crippen molar-refractivity contribution < 1.29 is 4.79 Å². The molecule has 114 valence electrons. The molecule has 22 heavy (non-hydrogen) atoms. The van der Waals surface area contributed by atoms with Crippen molar-refractivity contribution in [3.63, 3.8) is 0 Å². The minimum atomic E-state index is -0.0622. The molecule has 0 aliphatic carbocycles. The Morgan fingerprint density at radius 1 is 1.36 bits per heavy atom. The summed E-state index contributed by atoms with van der Waals surface area (Å²) >= 11 is 4.57. The highest BCUT2D eigenvalue weighted by molar-refractivity contribution is 7.99. The van der Waals surface area contributed by atoms with Gasteiger partial charge in [-0.25, -0.2) is 9.97 Å². The van der Waals surface area contributed by atoms with E-state index in [1.807, 2.05) is 0 Å². The zero-order chi connectivity index (χ0) is 15.5. The Hall–Kier alpha value is -1.58. The smallest absolute Gasteiger partial charge is 0.227 e. The third-order valence-corrected chi connectivity index (χ3v) is 5.82. The number of thioether (sulfide) groups is 1. The number of aryl methyl sites for hydroxylation is 2. The first-order valence-electron chi connectivity index (χ1n) is 6.54. The number of aromatic nitrogens is 4. The van der Waals surface area contributed by atoms with E-state index in [2.05, 4.69) is 39.3 Å². The van der Waals surface area contributed by atoms with E-state index < -0.39 is 0 Å². The number of nitrogens with zero attached hydrogens (tertiary/aromatic N) is 4. The van der Waals surface area contributed by atoms with Gasteiger partial charge in [-0.05, 0) is 19.4 Å². The number of thiophene rings is 1. The third kappa shape index (κ3) is 3.26. The number of nitrogens with one attached hydrogen (secondary N) is 1. The van der Waals surface area contributed by atoms with Crippen LogP contribution in [0.5, 0.6) is 0 Å². The fraction of sp³-hybridized carbons (Fsp3) is 0.308. The lowest BCUT2D eigenvalue weighted by Gasteiger charge is -2.03. The summed E-state index contributed by atoms with van der Waals surface area (Å²) in [6, 6.07) is 0. The Morgan fingerprint density at radius 2 is 2.23 bits per heavy atom. The van der Waals surface area contributed by atoms with Crippen LogP contribution < -0.4 is 5.32 Å². The van der Waals surface area contributed by atoms with Gasteiger partial charge in [0, 0.05) is 22.4 Å². The SMILES string of the molecule is Cc1sc2ncnc(SCCC(=O)Nc3nncs3)c2c1C. The Morgan fingerprint density at radius 3 is 3.00 bits per heavy atom. The second-order valence-electron chi connectivity index (χ2n) is 4.53. The number of anilines is 1. The highest BCUT2D eigenvalue weighted by Crippen LogP contribution is 2.34. The zero-order valence-corrected chi connectivity index (χ0v) is 14.4. The Balaban J connectivity index is 1.63. The van der Waals surface area contributed by atoms with Crippen molar-refractivity contribution in [1.82, 2.24) is 20.2 Å². The maximum absolute atomic E-state index is 11.8. The van der Waals surface area contributed by atoms with Crippen LogP contribution in [0.3, 0.4) is 0 Å². The summed E-state index contributed by atoms with van der Waals surface area (Å²) in [7, 11) is 0. The lowest BCUT2D eigenvalue weighted by Crippen LogP contribution is -2.12. The number of carbonyl (C=O) groups excluding carboxylic acids is 1. The van der Waals surface area contributed by atoms with Crippen LogP contribution in [0.1, 0.15) is 16.9 Å². The molecule has 0 bridgehead atoms. The summed E-state index contributed by atoms with van der Waals surface area (Å²) in [6.07, 6.45) is 1.99. The normalized spacial score (nSPS) is 11.0. The molecule has 3 heterocycles. The summed E-state index contributed by atoms with van der Waals surface area (Å²) in [5.41, 5.74) is 2.81. The highest BCUT2D eigenvalue weighted by Gasteiger charge is 2.13. The lowest BCUT2D eigenvalue weighted by atomic mass is 10.2. The summed E-state index contributed by atoms with van der Waals surface area (Å²) in [5, 5.41) is 12.8. The van der Waals surface area contributed by atoms with Gasteiger partial charge >= 0.3 is 0 Å². The van der Waals surface area contributed by atoms with Gasteiger partial charge in [-0.1, -0.05) is 11.3 Å². The molecule has 6 nitrogen and oxygen atoms in total. The molecule has 0 aliphatic rings. The number of amides is 1. The average Bonchev–Trinajstić information content (AvgIpc) is 3.09. The lowest BCUT2D eigenvalue weighted by molar-refractivity contribution is -0.115. The van der Waals surface area contributed by atoms with Crippen LogP contribution in [0.2, 0.25) is 0 Å². The molecular weight excluding hydrogens is 338 g/mol. The fourth-order valence-corrected chi connectivity index (χ4v) is 4.43. The van der Waals surface area contributed by atoms with Crippen molar-refractivity contribution in [1.29, 1.82) is 0 Å². The molecule has 3 aromatic heterocycles. The minimum Gasteiger partial charge on any atom is -0.301 e. The van der Waals surface area contributed by atoms with Crippen molar-refractivity contribution >= 4 is 55.7 Å². The molecule has 0 saturated carbocycles. The first-order chi connectivity index (χ1) is 10.6. The molecule has 9 heteroatoms. The standard InChI is InChI=1S/C13H13N5OS3/c1-7-8(2)22-12-10(7)11(14-5-15-12)20-4-3-9(19)17-13-18-16-6-21-13/h5-6H,3-4H2,1-2H3,(H,17,18,19). The highest BCUT2D eigenvalue weighted by atomic mass is 32.2. The average molecular weight is 351 g/mol. The predicted octanol–water partition coefficient (Wildman–Crippen LogP) is 3.28. The largest absolute Gasteiger partial charge is 0.301 e. The number of rotatable bonds is 5. The van der Waals surface area contributed by atoms with Gasteiger partial charge in [0.2, 0.25) is 11.0 Å². The van der Waals surface area contributed by atoms with E-state index in [4.69, 9.17) is 0 Å². The molecule has 3 rings (SSSR count). The van der Waals surface area contributed by atoms with Crippen LogP contribution >= 0.6 is 34.4 Å². The molecule has 3 aromatic rings. The summed E-state index contributed by atoms with van der Waals surface area (Å²) in [6.45, 7) is 4.18. The van der Waals surface area contributed by atoms with E-state index in [1.165, 1.54) is 21.8 Å². The number of hydrogen-bond acceptors (Lipinski definition) is 8. The molecule has 0 aromatic carbocycles. The Kier molecular flexibility index (Phi) is 4.65. The van der Waals surface area contributed by atoms with E-state index in [0.29, 0.717) is 17.3 Å². The Labute approximate surface area is 139 Å². The maximum Gasteiger partial charge on any atom is 0.227 e. The van der Waals surface area contributed by atoms with Crippen LogP contribution in [0.25, 0.3) is 10.2 Å². The molecule has 0 aliphatic heterocycles. The molecule has 0 spiro atoms. The van der Waals surface area contributed by atoms with Crippen molar-refractivity contribution in [3.05, 3.63) is 22.3 Å². The van der Waals surface area contributed by atoms with E-state index >= 15 is 0 Å². The molecule has 0 radical (unpaired) electrons. The van der Waals surface area contributed by atoms with Crippen LogP contribution in [0, 0.1) is 13.8 Å². The molecule has 0 atom stereocenters. The third-order valence-electron chi connectivity index (χ3n) is 3.10. The molecule has 0 saturated heterocycles. The molecule has 0 unspecified atom stereocenters. The van der Waals surface area contributed by atoms with Crippen molar-refractivity contribution in [2.24, 2.45) is 0 Å². The van der Waals surface area contributed by atoms with Gasteiger partial charge in [-0.15, -0.1) is 33.3 Å². The first kappa shape index (κ1) is 15.3. The van der Waals surface area contributed by atoms with E-state index in [1.54, 1.807) is 34.9 Å². The summed E-state index contributed by atoms with van der Waals surface area (Å²) in [5.74, 6) is 0.596. The van der Waals surface area contributed by atoms with E-state index in [9.17, 15) is 4.79 Å². The van der Waals surface area contributed by atoms with Crippen LogP contribution in [-0.2, 0) is 4.79 Å². The summed E-state index contributed by atoms with van der Waals surface area (Å²) < 4.78 is 0. The maximum atomic E-state index is 11.8. The topological polar surface area (TPSA) is 80.7 Å².